The molecule has 0 unspecified atom stereocenters. The number of pyridine rings is 3. The second-order valence-corrected chi connectivity index (χ2v) is 17.7. The van der Waals surface area contributed by atoms with Crippen molar-refractivity contribution in [1.82, 2.24) is 34.9 Å². The van der Waals surface area contributed by atoms with Crippen LogP contribution in [0.25, 0.3) is 33.5 Å². The van der Waals surface area contributed by atoms with E-state index >= 15 is 0 Å². The number of hydrogen-bond donors (Lipinski definition) is 0. The number of fused-ring (bicyclic) bond motifs is 1. The van der Waals surface area contributed by atoms with Crippen LogP contribution in [-0.4, -0.2) is 56.3 Å². The Morgan fingerprint density at radius 3 is 2.62 bits per heavy atom. The first kappa shape index (κ1) is 27.0. The van der Waals surface area contributed by atoms with E-state index in [0.717, 1.165) is 55.5 Å². The van der Waals surface area contributed by atoms with E-state index in [2.05, 4.69) is 59.8 Å². The zero-order valence-corrected chi connectivity index (χ0v) is 25.1. The first-order chi connectivity index (χ1) is 18.7. The lowest BCUT2D eigenvalue weighted by molar-refractivity contribution is 0.153. The van der Waals surface area contributed by atoms with Crippen molar-refractivity contribution < 1.29 is 4.74 Å². The fourth-order valence-electron chi connectivity index (χ4n) is 4.01. The highest BCUT2D eigenvalue weighted by Gasteiger charge is 2.20. The molecule has 0 spiro atoms. The van der Waals surface area contributed by atoms with Crippen molar-refractivity contribution in [2.45, 2.75) is 45.5 Å². The maximum absolute atomic E-state index is 6.15. The van der Waals surface area contributed by atoms with Gasteiger partial charge in [0.05, 0.1) is 16.7 Å². The molecule has 0 aliphatic heterocycles. The van der Waals surface area contributed by atoms with Crippen LogP contribution in [0.15, 0.2) is 55.0 Å². The molecule has 0 fully saturated rings. The molecule has 0 radical (unpaired) electrons. The summed E-state index contributed by atoms with van der Waals surface area (Å²) in [4.78, 5) is 16.2. The van der Waals surface area contributed by atoms with Gasteiger partial charge in [0.1, 0.15) is 23.3 Å². The zero-order valence-electron chi connectivity index (χ0n) is 23.3. The molecule has 39 heavy (non-hydrogen) atoms. The summed E-state index contributed by atoms with van der Waals surface area (Å²) in [6.07, 6.45) is 5.63. The minimum atomic E-state index is -1.21. The van der Waals surface area contributed by atoms with Crippen LogP contribution in [0.2, 0.25) is 25.7 Å². The third-order valence-corrected chi connectivity index (χ3v) is 9.17. The van der Waals surface area contributed by atoms with E-state index in [1.165, 1.54) is 0 Å². The Morgan fingerprint density at radius 1 is 1.05 bits per heavy atom. The molecule has 5 heterocycles. The van der Waals surface area contributed by atoms with Gasteiger partial charge in [0, 0.05) is 57.4 Å². The highest BCUT2D eigenvalue weighted by Crippen LogP contribution is 2.33. The lowest BCUT2D eigenvalue weighted by Crippen LogP contribution is -2.26. The predicted octanol–water partition coefficient (Wildman–Crippen LogP) is 6.52. The molecule has 5 aromatic heterocycles. The normalized spacial score (nSPS) is 12.0. The Hall–Kier alpha value is -3.54. The third kappa shape index (κ3) is 6.38. The summed E-state index contributed by atoms with van der Waals surface area (Å²) in [5.41, 5.74) is 5.09. The van der Waals surface area contributed by atoms with Crippen molar-refractivity contribution in [3.63, 3.8) is 0 Å². The maximum Gasteiger partial charge on any atom is 0.215 e. The molecule has 0 atom stereocenters. The molecular formula is C28H34N8OSSi. The summed E-state index contributed by atoms with van der Waals surface area (Å²) in [7, 11) is 0.706. The minimum Gasteiger partial charge on any atom is -0.361 e. The average Bonchev–Trinajstić information content (AvgIpc) is 3.55. The fraction of sp³-hybridized carbons (Fsp3) is 0.357. The highest BCUT2D eigenvalue weighted by molar-refractivity contribution is 7.15. The first-order valence-corrected chi connectivity index (χ1v) is 17.6. The third-order valence-electron chi connectivity index (χ3n) is 6.22. The van der Waals surface area contributed by atoms with Crippen LogP contribution in [0.5, 0.6) is 0 Å². The number of aromatic nitrogens is 7. The Labute approximate surface area is 234 Å². The molecule has 11 heteroatoms. The minimum absolute atomic E-state index is 0.301. The summed E-state index contributed by atoms with van der Waals surface area (Å²) in [5, 5.41) is 15.3. The average molecular weight is 559 g/mol. The summed E-state index contributed by atoms with van der Waals surface area (Å²) in [6.45, 7) is 12.4. The summed E-state index contributed by atoms with van der Waals surface area (Å²) in [6, 6.07) is 12.9. The van der Waals surface area contributed by atoms with Gasteiger partial charge in [-0.25, -0.2) is 4.98 Å². The van der Waals surface area contributed by atoms with Crippen molar-refractivity contribution in [3.05, 3.63) is 60.0 Å². The van der Waals surface area contributed by atoms with Crippen molar-refractivity contribution in [3.8, 4) is 22.5 Å². The second-order valence-electron chi connectivity index (χ2n) is 11.1. The van der Waals surface area contributed by atoms with Crippen molar-refractivity contribution in [1.29, 1.82) is 0 Å². The first-order valence-electron chi connectivity index (χ1n) is 13.1. The molecule has 0 N–H and O–H groups in total. The molecule has 0 aliphatic rings. The smallest absolute Gasteiger partial charge is 0.215 e. The number of nitrogens with zero attached hydrogens (tertiary/aromatic N) is 8. The van der Waals surface area contributed by atoms with Gasteiger partial charge in [-0.3, -0.25) is 19.5 Å². The summed E-state index contributed by atoms with van der Waals surface area (Å²) >= 11 is 1.57. The number of aryl methyl sites for hydroxylation is 1. The standard InChI is InChI=1S/C28H34N8OSSi/c1-19(2)27-32-33-28(38-27)36(18-37-13-14-39(4,5)6)25-11-10-22-24(31-25)15-20(16-30-22)21-17-35(3)34-26(21)23-9-7-8-12-29-23/h7-12,15-17,19H,13-14,18H2,1-6H3. The van der Waals surface area contributed by atoms with Crippen LogP contribution in [0.3, 0.4) is 0 Å². The monoisotopic (exact) mass is 558 g/mol. The Kier molecular flexibility index (Phi) is 7.83. The zero-order chi connectivity index (χ0) is 27.6. The van der Waals surface area contributed by atoms with Gasteiger partial charge in [-0.05, 0) is 36.4 Å². The van der Waals surface area contributed by atoms with Gasteiger partial charge in [-0.1, -0.05) is 50.9 Å². The molecule has 0 saturated carbocycles. The lowest BCUT2D eigenvalue weighted by Gasteiger charge is -2.22. The van der Waals surface area contributed by atoms with Gasteiger partial charge in [-0.15, -0.1) is 10.2 Å². The molecule has 202 valence electrons. The quantitative estimate of drug-likeness (QED) is 0.109. The SMILES string of the molecule is CC(C)c1nnc(N(COCC[Si](C)(C)C)c2ccc3ncc(-c4cn(C)nc4-c4ccccn4)cc3n2)s1. The van der Waals surface area contributed by atoms with Crippen LogP contribution in [0, 0.1) is 0 Å². The Morgan fingerprint density at radius 2 is 1.90 bits per heavy atom. The molecule has 0 aromatic carbocycles. The van der Waals surface area contributed by atoms with Crippen molar-refractivity contribution in [2.24, 2.45) is 7.05 Å². The molecule has 5 aromatic rings. The molecule has 9 nitrogen and oxygen atoms in total. The van der Waals surface area contributed by atoms with Gasteiger partial charge in [0.15, 0.2) is 0 Å². The van der Waals surface area contributed by atoms with E-state index in [-0.39, 0.29) is 0 Å². The largest absolute Gasteiger partial charge is 0.361 e. The number of rotatable bonds is 10. The van der Waals surface area contributed by atoms with E-state index in [1.807, 2.05) is 54.7 Å². The second kappa shape index (κ2) is 11.3. The number of anilines is 2. The van der Waals surface area contributed by atoms with Crippen LogP contribution in [-0.2, 0) is 11.8 Å². The Bertz CT molecular complexity index is 1560. The van der Waals surface area contributed by atoms with E-state index in [1.54, 1.807) is 22.2 Å². The summed E-state index contributed by atoms with van der Waals surface area (Å²) in [5.74, 6) is 1.05. The van der Waals surface area contributed by atoms with Crippen LogP contribution >= 0.6 is 11.3 Å². The van der Waals surface area contributed by atoms with E-state index in [4.69, 9.17) is 14.7 Å². The molecular weight excluding hydrogens is 525 g/mol. The van der Waals surface area contributed by atoms with Crippen LogP contribution in [0.1, 0.15) is 24.8 Å². The highest BCUT2D eigenvalue weighted by atomic mass is 32.1. The van der Waals surface area contributed by atoms with Crippen LogP contribution in [0.4, 0.5) is 10.9 Å². The predicted molar refractivity (Wildman–Crippen MR) is 160 cm³/mol. The van der Waals surface area contributed by atoms with E-state index in [9.17, 15) is 0 Å². The summed E-state index contributed by atoms with van der Waals surface area (Å²) < 4.78 is 7.95. The van der Waals surface area contributed by atoms with E-state index < -0.39 is 8.07 Å². The molecule has 0 saturated heterocycles. The van der Waals surface area contributed by atoms with E-state index in [0.29, 0.717) is 19.3 Å². The lowest BCUT2D eigenvalue weighted by atomic mass is 10.1. The molecule has 5 rings (SSSR count). The van der Waals surface area contributed by atoms with Crippen molar-refractivity contribution >= 4 is 41.4 Å². The van der Waals surface area contributed by atoms with Gasteiger partial charge in [-0.2, -0.15) is 5.10 Å². The van der Waals surface area contributed by atoms with Gasteiger partial charge < -0.3 is 4.74 Å². The number of hydrogen-bond acceptors (Lipinski definition) is 9. The fourth-order valence-corrected chi connectivity index (χ4v) is 5.61. The van der Waals surface area contributed by atoms with Crippen LogP contribution < -0.4 is 4.90 Å². The molecule has 0 bridgehead atoms. The molecule has 0 amide bonds. The molecule has 0 aliphatic carbocycles. The van der Waals surface area contributed by atoms with Crippen molar-refractivity contribution in [2.75, 3.05) is 18.2 Å². The van der Waals surface area contributed by atoms with Gasteiger partial charge >= 0.3 is 0 Å². The van der Waals surface area contributed by atoms with Gasteiger partial charge in [0.2, 0.25) is 5.13 Å². The maximum atomic E-state index is 6.15. The van der Waals surface area contributed by atoms with Gasteiger partial charge in [0.25, 0.3) is 0 Å². The topological polar surface area (TPSA) is 94.7 Å². The number of ether oxygens (including phenoxy) is 1. The Balaban J connectivity index is 1.50.